The Labute approximate surface area is 207 Å². The first kappa shape index (κ1) is 23.1. The number of amides is 1. The van der Waals surface area contributed by atoms with Crippen molar-refractivity contribution in [1.82, 2.24) is 4.90 Å². The Kier molecular flexibility index (Phi) is 6.78. The zero-order chi connectivity index (χ0) is 24.1. The van der Waals surface area contributed by atoms with Gasteiger partial charge in [-0.3, -0.25) is 4.79 Å². The highest BCUT2D eigenvalue weighted by molar-refractivity contribution is 5.79. The molecule has 1 saturated heterocycles. The van der Waals surface area contributed by atoms with Crippen LogP contribution >= 0.6 is 0 Å². The summed E-state index contributed by atoms with van der Waals surface area (Å²) < 4.78 is 0. The first-order chi connectivity index (χ1) is 17.1. The summed E-state index contributed by atoms with van der Waals surface area (Å²) in [6.07, 6.45) is 1.93. The lowest BCUT2D eigenvalue weighted by Gasteiger charge is -2.42. The molecule has 0 bridgehead atoms. The van der Waals surface area contributed by atoms with Gasteiger partial charge in [-0.1, -0.05) is 115 Å². The Balaban J connectivity index is 1.26. The molecule has 1 N–H and O–H groups in total. The van der Waals surface area contributed by atoms with Crippen LogP contribution in [0.4, 0.5) is 0 Å². The van der Waals surface area contributed by atoms with Gasteiger partial charge in [0.2, 0.25) is 5.91 Å². The molecule has 4 aromatic carbocycles. The highest BCUT2D eigenvalue weighted by atomic mass is 16.3. The van der Waals surface area contributed by atoms with E-state index >= 15 is 0 Å². The fraction of sp³-hybridized carbons (Fsp3) is 0.219. The summed E-state index contributed by atoms with van der Waals surface area (Å²) in [5.74, 6) is 0.195. The van der Waals surface area contributed by atoms with Crippen LogP contribution in [0.15, 0.2) is 115 Å². The second-order valence-electron chi connectivity index (χ2n) is 9.39. The van der Waals surface area contributed by atoms with Gasteiger partial charge in [-0.15, -0.1) is 0 Å². The summed E-state index contributed by atoms with van der Waals surface area (Å²) in [5.41, 5.74) is 4.12. The number of hydrogen-bond donors (Lipinski definition) is 1. The van der Waals surface area contributed by atoms with Crippen LogP contribution in [0, 0.1) is 5.92 Å². The predicted octanol–water partition coefficient (Wildman–Crippen LogP) is 6.07. The number of rotatable bonds is 6. The minimum absolute atomic E-state index is 0.0431. The summed E-state index contributed by atoms with van der Waals surface area (Å²) in [7, 11) is 0. The molecule has 5 rings (SSSR count). The van der Waals surface area contributed by atoms with Crippen molar-refractivity contribution in [1.29, 1.82) is 0 Å². The Hall–Kier alpha value is -3.69. The van der Waals surface area contributed by atoms with Gasteiger partial charge in [0, 0.05) is 13.1 Å². The fourth-order valence-corrected chi connectivity index (χ4v) is 5.30. The Morgan fingerprint density at radius 1 is 0.686 bits per heavy atom. The van der Waals surface area contributed by atoms with Crippen molar-refractivity contribution in [3.05, 3.63) is 132 Å². The van der Waals surface area contributed by atoms with Gasteiger partial charge >= 0.3 is 0 Å². The molecule has 0 radical (unpaired) electrons. The van der Waals surface area contributed by atoms with E-state index in [0.717, 1.165) is 35.1 Å². The Morgan fingerprint density at radius 3 is 1.66 bits per heavy atom. The molecule has 0 spiro atoms. The molecule has 3 heteroatoms. The molecule has 0 aromatic heterocycles. The van der Waals surface area contributed by atoms with Gasteiger partial charge in [0.1, 0.15) is 5.60 Å². The van der Waals surface area contributed by atoms with Crippen LogP contribution in [0.2, 0.25) is 0 Å². The number of aliphatic hydroxyl groups is 1. The molecule has 3 nitrogen and oxygen atoms in total. The van der Waals surface area contributed by atoms with E-state index in [1.807, 2.05) is 83.8 Å². The van der Waals surface area contributed by atoms with Crippen LogP contribution in [-0.4, -0.2) is 29.0 Å². The van der Waals surface area contributed by atoms with Crippen LogP contribution in [0.25, 0.3) is 11.1 Å². The normalized spacial score (nSPS) is 14.6. The van der Waals surface area contributed by atoms with E-state index in [4.69, 9.17) is 0 Å². The Morgan fingerprint density at radius 2 is 1.14 bits per heavy atom. The quantitative estimate of drug-likeness (QED) is 0.379. The van der Waals surface area contributed by atoms with Gasteiger partial charge in [-0.05, 0) is 46.6 Å². The average molecular weight is 462 g/mol. The van der Waals surface area contributed by atoms with Crippen molar-refractivity contribution in [2.45, 2.75) is 24.9 Å². The van der Waals surface area contributed by atoms with Gasteiger partial charge in [-0.25, -0.2) is 0 Å². The van der Waals surface area contributed by atoms with Crippen molar-refractivity contribution in [2.24, 2.45) is 5.92 Å². The highest BCUT2D eigenvalue weighted by Crippen LogP contribution is 2.42. The standard InChI is InChI=1S/C32H31NO2/c34-31(24-25-16-18-27(19-17-25)26-10-4-1-5-11-26)33-22-20-30(21-23-33)32(35,28-12-6-2-7-13-28)29-14-8-3-9-15-29/h1-19,30,35H,20-24H2. The lowest BCUT2D eigenvalue weighted by atomic mass is 9.72. The first-order valence-corrected chi connectivity index (χ1v) is 12.4. The van der Waals surface area contributed by atoms with Gasteiger partial charge in [-0.2, -0.15) is 0 Å². The summed E-state index contributed by atoms with van der Waals surface area (Å²) in [5, 5.41) is 12.1. The largest absolute Gasteiger partial charge is 0.380 e. The lowest BCUT2D eigenvalue weighted by molar-refractivity contribution is -0.133. The minimum Gasteiger partial charge on any atom is -0.380 e. The third-order valence-electron chi connectivity index (χ3n) is 7.28. The fourth-order valence-electron chi connectivity index (χ4n) is 5.30. The van der Waals surface area contributed by atoms with E-state index in [1.165, 1.54) is 5.56 Å². The van der Waals surface area contributed by atoms with Crippen LogP contribution in [0.1, 0.15) is 29.5 Å². The van der Waals surface area contributed by atoms with E-state index in [-0.39, 0.29) is 11.8 Å². The van der Waals surface area contributed by atoms with Crippen molar-refractivity contribution in [2.75, 3.05) is 13.1 Å². The van der Waals surface area contributed by atoms with E-state index in [0.29, 0.717) is 19.5 Å². The Bertz CT molecular complexity index is 1190. The summed E-state index contributed by atoms with van der Waals surface area (Å²) in [6.45, 7) is 1.32. The molecule has 0 unspecified atom stereocenters. The van der Waals surface area contributed by atoms with Crippen molar-refractivity contribution >= 4 is 5.91 Å². The highest BCUT2D eigenvalue weighted by Gasteiger charge is 2.42. The third-order valence-corrected chi connectivity index (χ3v) is 7.28. The van der Waals surface area contributed by atoms with Gasteiger partial charge in [0.15, 0.2) is 0 Å². The third kappa shape index (κ3) is 4.91. The SMILES string of the molecule is O=C(Cc1ccc(-c2ccccc2)cc1)N1CCC(C(O)(c2ccccc2)c2ccccc2)CC1. The molecule has 1 heterocycles. The van der Waals surface area contributed by atoms with Gasteiger partial charge in [0.25, 0.3) is 0 Å². The zero-order valence-corrected chi connectivity index (χ0v) is 19.9. The molecule has 0 aliphatic carbocycles. The zero-order valence-electron chi connectivity index (χ0n) is 19.9. The van der Waals surface area contributed by atoms with Crippen LogP contribution < -0.4 is 0 Å². The molecule has 0 saturated carbocycles. The smallest absolute Gasteiger partial charge is 0.226 e. The molecule has 1 aliphatic rings. The monoisotopic (exact) mass is 461 g/mol. The molecular weight excluding hydrogens is 430 g/mol. The average Bonchev–Trinajstić information content (AvgIpc) is 2.94. The van der Waals surface area contributed by atoms with E-state index in [1.54, 1.807) is 0 Å². The summed E-state index contributed by atoms with van der Waals surface area (Å²) in [4.78, 5) is 15.0. The molecule has 1 fully saturated rings. The van der Waals surface area contributed by atoms with Crippen molar-refractivity contribution in [3.63, 3.8) is 0 Å². The summed E-state index contributed by atoms with van der Waals surface area (Å²) >= 11 is 0. The molecule has 176 valence electrons. The van der Waals surface area contributed by atoms with E-state index in [2.05, 4.69) is 36.4 Å². The number of benzene rings is 4. The van der Waals surface area contributed by atoms with Crippen LogP contribution in [-0.2, 0) is 16.8 Å². The van der Waals surface area contributed by atoms with E-state index in [9.17, 15) is 9.90 Å². The minimum atomic E-state index is -1.06. The lowest BCUT2D eigenvalue weighted by Crippen LogP contribution is -2.46. The summed E-state index contributed by atoms with van der Waals surface area (Å²) in [6, 6.07) is 38.4. The second-order valence-corrected chi connectivity index (χ2v) is 9.39. The van der Waals surface area contributed by atoms with Crippen molar-refractivity contribution < 1.29 is 9.90 Å². The topological polar surface area (TPSA) is 40.5 Å². The maximum Gasteiger partial charge on any atom is 0.226 e. The maximum absolute atomic E-state index is 13.1. The maximum atomic E-state index is 13.1. The molecule has 0 atom stereocenters. The first-order valence-electron chi connectivity index (χ1n) is 12.4. The number of likely N-dealkylation sites (tertiary alicyclic amines) is 1. The predicted molar refractivity (Wildman–Crippen MR) is 141 cm³/mol. The number of carbonyl (C=O) groups excluding carboxylic acids is 1. The molecule has 1 aliphatic heterocycles. The van der Waals surface area contributed by atoms with Crippen LogP contribution in [0.3, 0.4) is 0 Å². The molecule has 35 heavy (non-hydrogen) atoms. The molecule has 1 amide bonds. The second kappa shape index (κ2) is 10.3. The van der Waals surface area contributed by atoms with Gasteiger partial charge < -0.3 is 10.0 Å². The molecule has 4 aromatic rings. The van der Waals surface area contributed by atoms with E-state index < -0.39 is 5.60 Å². The number of piperidine rings is 1. The molecular formula is C32H31NO2. The van der Waals surface area contributed by atoms with Crippen LogP contribution in [0.5, 0.6) is 0 Å². The van der Waals surface area contributed by atoms with Gasteiger partial charge in [0.05, 0.1) is 6.42 Å². The number of carbonyl (C=O) groups is 1. The number of nitrogens with zero attached hydrogens (tertiary/aromatic N) is 1. The number of hydrogen-bond acceptors (Lipinski definition) is 2. The van der Waals surface area contributed by atoms with Crippen molar-refractivity contribution in [3.8, 4) is 11.1 Å².